The molecule has 1 amide bonds. The molecule has 2 aromatic rings. The minimum atomic E-state index is 0.0642. The summed E-state index contributed by atoms with van der Waals surface area (Å²) in [5, 5.41) is 3.87. The fourth-order valence-electron chi connectivity index (χ4n) is 2.83. The normalized spacial score (nSPS) is 12.0. The van der Waals surface area contributed by atoms with Gasteiger partial charge in [0, 0.05) is 11.4 Å². The van der Waals surface area contributed by atoms with Crippen LogP contribution in [0.5, 0.6) is 0 Å². The number of rotatable bonds is 6. The van der Waals surface area contributed by atoms with Gasteiger partial charge in [-0.15, -0.1) is 0 Å². The first-order valence-electron chi connectivity index (χ1n) is 8.11. The fourth-order valence-corrected chi connectivity index (χ4v) is 3.06. The Labute approximate surface area is 143 Å². The van der Waals surface area contributed by atoms with Crippen molar-refractivity contribution in [3.8, 4) is 0 Å². The molecule has 0 aliphatic carbocycles. The zero-order valence-corrected chi connectivity index (χ0v) is 14.8. The molecule has 23 heavy (non-hydrogen) atoms. The average molecular weight is 330 g/mol. The maximum absolute atomic E-state index is 12.3. The molecule has 2 nitrogen and oxygen atoms in total. The molecule has 2 rings (SSSR count). The van der Waals surface area contributed by atoms with E-state index in [1.165, 1.54) is 16.7 Å². The maximum Gasteiger partial charge on any atom is 0.220 e. The van der Waals surface area contributed by atoms with E-state index in [-0.39, 0.29) is 11.9 Å². The van der Waals surface area contributed by atoms with E-state index in [4.69, 9.17) is 11.6 Å². The number of hydrogen-bond donors (Lipinski definition) is 1. The van der Waals surface area contributed by atoms with Crippen molar-refractivity contribution < 1.29 is 4.79 Å². The van der Waals surface area contributed by atoms with Gasteiger partial charge in [-0.05, 0) is 49.4 Å². The van der Waals surface area contributed by atoms with Crippen LogP contribution in [0.4, 0.5) is 0 Å². The van der Waals surface area contributed by atoms with E-state index < -0.39 is 0 Å². The summed E-state index contributed by atoms with van der Waals surface area (Å²) < 4.78 is 0. The third-order valence-corrected chi connectivity index (χ3v) is 4.49. The van der Waals surface area contributed by atoms with Crippen molar-refractivity contribution in [3.05, 3.63) is 69.7 Å². The number of aryl methyl sites for hydroxylation is 3. The highest BCUT2D eigenvalue weighted by Gasteiger charge is 2.15. The Morgan fingerprint density at radius 2 is 1.91 bits per heavy atom. The van der Waals surface area contributed by atoms with E-state index >= 15 is 0 Å². The van der Waals surface area contributed by atoms with Crippen LogP contribution in [0.15, 0.2) is 42.5 Å². The van der Waals surface area contributed by atoms with E-state index in [2.05, 4.69) is 44.3 Å². The van der Waals surface area contributed by atoms with E-state index in [1.54, 1.807) is 0 Å². The van der Waals surface area contributed by atoms with E-state index in [1.807, 2.05) is 24.3 Å². The lowest BCUT2D eigenvalue weighted by Gasteiger charge is -2.20. The SMILES string of the molecule is CCC(NC(=O)CCc1ccccc1Cl)c1ccc(C)cc1C. The number of nitrogens with one attached hydrogen (secondary N) is 1. The highest BCUT2D eigenvalue weighted by atomic mass is 35.5. The van der Waals surface area contributed by atoms with E-state index in [9.17, 15) is 4.79 Å². The third-order valence-electron chi connectivity index (χ3n) is 4.12. The largest absolute Gasteiger partial charge is 0.349 e. The smallest absolute Gasteiger partial charge is 0.220 e. The molecule has 1 unspecified atom stereocenters. The van der Waals surface area contributed by atoms with Crippen LogP contribution in [-0.2, 0) is 11.2 Å². The van der Waals surface area contributed by atoms with Crippen LogP contribution in [0.1, 0.15) is 48.1 Å². The van der Waals surface area contributed by atoms with Crippen molar-refractivity contribution >= 4 is 17.5 Å². The molecule has 1 N–H and O–H groups in total. The third kappa shape index (κ3) is 4.84. The van der Waals surface area contributed by atoms with Gasteiger partial charge in [0.05, 0.1) is 6.04 Å². The van der Waals surface area contributed by atoms with Gasteiger partial charge in [0.15, 0.2) is 0 Å². The highest BCUT2D eigenvalue weighted by Crippen LogP contribution is 2.22. The first-order chi connectivity index (χ1) is 11.0. The molecule has 3 heteroatoms. The van der Waals surface area contributed by atoms with Crippen LogP contribution in [-0.4, -0.2) is 5.91 Å². The Morgan fingerprint density at radius 3 is 2.57 bits per heavy atom. The molecule has 0 saturated carbocycles. The van der Waals surface area contributed by atoms with Crippen LogP contribution < -0.4 is 5.32 Å². The molecule has 0 aliphatic rings. The quantitative estimate of drug-likeness (QED) is 0.779. The van der Waals surface area contributed by atoms with Crippen molar-refractivity contribution in [2.24, 2.45) is 0 Å². The van der Waals surface area contributed by atoms with Crippen molar-refractivity contribution in [3.63, 3.8) is 0 Å². The van der Waals surface area contributed by atoms with Gasteiger partial charge in [-0.1, -0.05) is 60.5 Å². The number of halogens is 1. The summed E-state index contributed by atoms with van der Waals surface area (Å²) in [6.07, 6.45) is 1.99. The highest BCUT2D eigenvalue weighted by molar-refractivity contribution is 6.31. The zero-order chi connectivity index (χ0) is 16.8. The predicted octanol–water partition coefficient (Wildman–Crippen LogP) is 5.16. The first-order valence-corrected chi connectivity index (χ1v) is 8.49. The molecule has 0 bridgehead atoms. The molecule has 122 valence electrons. The fraction of sp³-hybridized carbons (Fsp3) is 0.350. The Balaban J connectivity index is 1.98. The standard InChI is InChI=1S/C20H24ClNO/c1-4-19(17-11-9-14(2)13-15(17)3)22-20(23)12-10-16-7-5-6-8-18(16)21/h5-9,11,13,19H,4,10,12H2,1-3H3,(H,22,23). The van der Waals surface area contributed by atoms with E-state index in [0.717, 1.165) is 17.0 Å². The Hall–Kier alpha value is -1.80. The Bertz CT molecular complexity index is 681. The van der Waals surface area contributed by atoms with Gasteiger partial charge in [0.25, 0.3) is 0 Å². The van der Waals surface area contributed by atoms with Gasteiger partial charge in [-0.2, -0.15) is 0 Å². The average Bonchev–Trinajstić information content (AvgIpc) is 2.52. The van der Waals surface area contributed by atoms with Crippen LogP contribution in [0.2, 0.25) is 5.02 Å². The number of carbonyl (C=O) groups is 1. The second-order valence-corrected chi connectivity index (χ2v) is 6.39. The number of amides is 1. The van der Waals surface area contributed by atoms with Crippen molar-refractivity contribution in [2.75, 3.05) is 0 Å². The minimum absolute atomic E-state index is 0.0642. The molecule has 0 saturated heterocycles. The van der Waals surface area contributed by atoms with Crippen molar-refractivity contribution in [2.45, 2.75) is 46.1 Å². The molecule has 0 heterocycles. The van der Waals surface area contributed by atoms with Gasteiger partial charge < -0.3 is 5.32 Å². The molecule has 0 radical (unpaired) electrons. The van der Waals surface area contributed by atoms with Crippen LogP contribution in [0.25, 0.3) is 0 Å². The second kappa shape index (κ2) is 8.16. The Morgan fingerprint density at radius 1 is 1.17 bits per heavy atom. The minimum Gasteiger partial charge on any atom is -0.349 e. The summed E-state index contributed by atoms with van der Waals surface area (Å²) >= 11 is 6.14. The van der Waals surface area contributed by atoms with Gasteiger partial charge >= 0.3 is 0 Å². The molecule has 2 aromatic carbocycles. The summed E-state index contributed by atoms with van der Waals surface area (Å²) in [4.78, 5) is 12.3. The van der Waals surface area contributed by atoms with Gasteiger partial charge in [0.2, 0.25) is 5.91 Å². The summed E-state index contributed by atoms with van der Waals surface area (Å²) in [5.74, 6) is 0.0664. The van der Waals surface area contributed by atoms with Crippen LogP contribution >= 0.6 is 11.6 Å². The topological polar surface area (TPSA) is 29.1 Å². The van der Waals surface area contributed by atoms with Gasteiger partial charge in [0.1, 0.15) is 0 Å². The summed E-state index contributed by atoms with van der Waals surface area (Å²) in [7, 11) is 0. The second-order valence-electron chi connectivity index (χ2n) is 5.98. The van der Waals surface area contributed by atoms with Crippen molar-refractivity contribution in [1.82, 2.24) is 5.32 Å². The molecule has 1 atom stereocenters. The first kappa shape index (κ1) is 17.6. The molecule has 0 aliphatic heterocycles. The lowest BCUT2D eigenvalue weighted by molar-refractivity contribution is -0.121. The monoisotopic (exact) mass is 329 g/mol. The Kier molecular flexibility index (Phi) is 6.23. The maximum atomic E-state index is 12.3. The predicted molar refractivity (Wildman–Crippen MR) is 96.9 cm³/mol. The molecule has 0 fully saturated rings. The number of benzene rings is 2. The number of carbonyl (C=O) groups excluding carboxylic acids is 1. The molecular formula is C20H24ClNO. The van der Waals surface area contributed by atoms with Crippen LogP contribution in [0, 0.1) is 13.8 Å². The summed E-state index contributed by atoms with van der Waals surface area (Å²) in [5.41, 5.74) is 4.68. The lowest BCUT2D eigenvalue weighted by atomic mass is 9.97. The summed E-state index contributed by atoms with van der Waals surface area (Å²) in [6, 6.07) is 14.1. The molecular weight excluding hydrogens is 306 g/mol. The number of hydrogen-bond acceptors (Lipinski definition) is 1. The van der Waals surface area contributed by atoms with Gasteiger partial charge in [-0.25, -0.2) is 0 Å². The lowest BCUT2D eigenvalue weighted by Crippen LogP contribution is -2.28. The van der Waals surface area contributed by atoms with E-state index in [0.29, 0.717) is 12.8 Å². The van der Waals surface area contributed by atoms with Crippen LogP contribution in [0.3, 0.4) is 0 Å². The van der Waals surface area contributed by atoms with Crippen molar-refractivity contribution in [1.29, 1.82) is 0 Å². The molecule has 0 aromatic heterocycles. The zero-order valence-electron chi connectivity index (χ0n) is 14.0. The summed E-state index contributed by atoms with van der Waals surface area (Å²) in [6.45, 7) is 6.28. The molecule has 0 spiro atoms. The van der Waals surface area contributed by atoms with Gasteiger partial charge in [-0.3, -0.25) is 4.79 Å².